The first-order chi connectivity index (χ1) is 19.0. The zero-order valence-corrected chi connectivity index (χ0v) is 26.1. The van der Waals surface area contributed by atoms with Crippen LogP contribution in [0.5, 0.6) is 0 Å². The number of sulfonamides is 1. The number of nitrogens with one attached hydrogen (secondary N) is 1. The van der Waals surface area contributed by atoms with Crippen molar-refractivity contribution in [2.45, 2.75) is 45.7 Å². The summed E-state index contributed by atoms with van der Waals surface area (Å²) in [5.41, 5.74) is 2.66. The first-order valence-corrected chi connectivity index (χ1v) is 16.1. The standard InChI is InChI=1S/C30H35BrClN3O4S/c1-4-5-17-33-30(37)28(18-23-9-7-6-8-10-23)34(20-24-12-14-25(31)15-13-24)29(36)21-35(40(3,38)39)27-19-26(32)16-11-22(27)2/h6-16,19,28H,4-5,17-18,20-21H2,1-3H3,(H,33,37). The van der Waals surface area contributed by atoms with Crippen LogP contribution in [-0.4, -0.2) is 50.5 Å². The maximum absolute atomic E-state index is 14.1. The number of rotatable bonds is 13. The van der Waals surface area contributed by atoms with Gasteiger partial charge in [0.1, 0.15) is 12.6 Å². The van der Waals surface area contributed by atoms with Crippen LogP contribution < -0.4 is 9.62 Å². The van der Waals surface area contributed by atoms with E-state index in [1.54, 1.807) is 19.1 Å². The normalized spacial score (nSPS) is 12.0. The van der Waals surface area contributed by atoms with Crippen LogP contribution in [0.25, 0.3) is 0 Å². The van der Waals surface area contributed by atoms with E-state index in [1.807, 2.05) is 61.5 Å². The highest BCUT2D eigenvalue weighted by molar-refractivity contribution is 9.10. The molecule has 3 aromatic carbocycles. The summed E-state index contributed by atoms with van der Waals surface area (Å²) in [6.07, 6.45) is 3.04. The Morgan fingerprint density at radius 2 is 1.68 bits per heavy atom. The van der Waals surface area contributed by atoms with Crippen LogP contribution in [0.3, 0.4) is 0 Å². The molecule has 0 spiro atoms. The lowest BCUT2D eigenvalue weighted by Crippen LogP contribution is -2.53. The molecular weight excluding hydrogens is 614 g/mol. The van der Waals surface area contributed by atoms with Crippen LogP contribution in [0.4, 0.5) is 5.69 Å². The molecule has 0 bridgehead atoms. The highest BCUT2D eigenvalue weighted by atomic mass is 79.9. The Hall–Kier alpha value is -2.88. The molecule has 7 nitrogen and oxygen atoms in total. The number of carbonyl (C=O) groups excluding carboxylic acids is 2. The molecule has 3 rings (SSSR count). The fourth-order valence-corrected chi connectivity index (χ4v) is 5.62. The van der Waals surface area contributed by atoms with Crippen LogP contribution in [0.15, 0.2) is 77.3 Å². The first-order valence-electron chi connectivity index (χ1n) is 13.1. The van der Waals surface area contributed by atoms with Gasteiger partial charge in [-0.05, 0) is 54.3 Å². The van der Waals surface area contributed by atoms with Crippen molar-refractivity contribution >= 4 is 55.1 Å². The van der Waals surface area contributed by atoms with Crippen LogP contribution in [0.1, 0.15) is 36.5 Å². The minimum Gasteiger partial charge on any atom is -0.354 e. The molecule has 214 valence electrons. The van der Waals surface area contributed by atoms with Gasteiger partial charge in [0.25, 0.3) is 0 Å². The van der Waals surface area contributed by atoms with E-state index in [9.17, 15) is 18.0 Å². The van der Waals surface area contributed by atoms with Gasteiger partial charge >= 0.3 is 0 Å². The van der Waals surface area contributed by atoms with Gasteiger partial charge in [0, 0.05) is 29.0 Å². The van der Waals surface area contributed by atoms with Crippen molar-refractivity contribution in [1.82, 2.24) is 10.2 Å². The van der Waals surface area contributed by atoms with E-state index in [0.717, 1.165) is 39.0 Å². The number of hydrogen-bond acceptors (Lipinski definition) is 4. The molecule has 1 N–H and O–H groups in total. The molecule has 0 heterocycles. The average molecular weight is 649 g/mol. The molecule has 2 amide bonds. The second-order valence-electron chi connectivity index (χ2n) is 9.70. The first kappa shape index (κ1) is 31.6. The molecular formula is C30H35BrClN3O4S. The summed E-state index contributed by atoms with van der Waals surface area (Å²) in [6.45, 7) is 3.92. The van der Waals surface area contributed by atoms with Gasteiger partial charge in [-0.2, -0.15) is 0 Å². The van der Waals surface area contributed by atoms with Crippen LogP contribution in [0.2, 0.25) is 5.02 Å². The fraction of sp³-hybridized carbons (Fsp3) is 0.333. The quantitative estimate of drug-likeness (QED) is 0.240. The minimum absolute atomic E-state index is 0.122. The third-order valence-corrected chi connectivity index (χ3v) is 8.38. The molecule has 1 unspecified atom stereocenters. The summed E-state index contributed by atoms with van der Waals surface area (Å²) < 4.78 is 27.8. The Morgan fingerprint density at radius 1 is 1.00 bits per heavy atom. The Kier molecular flexibility index (Phi) is 11.6. The highest BCUT2D eigenvalue weighted by Crippen LogP contribution is 2.27. The monoisotopic (exact) mass is 647 g/mol. The largest absolute Gasteiger partial charge is 0.354 e. The summed E-state index contributed by atoms with van der Waals surface area (Å²) >= 11 is 9.64. The summed E-state index contributed by atoms with van der Waals surface area (Å²) in [5.74, 6) is -0.785. The molecule has 0 aliphatic rings. The van der Waals surface area contributed by atoms with E-state index in [4.69, 9.17) is 11.6 Å². The second kappa shape index (κ2) is 14.7. The lowest BCUT2D eigenvalue weighted by Gasteiger charge is -2.34. The average Bonchev–Trinajstić information content (AvgIpc) is 2.91. The van der Waals surface area contributed by atoms with E-state index >= 15 is 0 Å². The SMILES string of the molecule is CCCCNC(=O)C(Cc1ccccc1)N(Cc1ccc(Br)cc1)C(=O)CN(c1cc(Cl)ccc1C)S(C)(=O)=O. The van der Waals surface area contributed by atoms with Gasteiger partial charge in [-0.3, -0.25) is 13.9 Å². The van der Waals surface area contributed by atoms with Crippen molar-refractivity contribution in [3.8, 4) is 0 Å². The fourth-order valence-electron chi connectivity index (χ4n) is 4.29. The maximum atomic E-state index is 14.1. The van der Waals surface area contributed by atoms with E-state index in [1.165, 1.54) is 11.0 Å². The lowest BCUT2D eigenvalue weighted by atomic mass is 10.0. The Morgan fingerprint density at radius 3 is 2.30 bits per heavy atom. The summed E-state index contributed by atoms with van der Waals surface area (Å²) in [4.78, 5) is 29.2. The summed E-state index contributed by atoms with van der Waals surface area (Å²) in [7, 11) is -3.87. The van der Waals surface area contributed by atoms with Crippen LogP contribution in [-0.2, 0) is 32.6 Å². The van der Waals surface area contributed by atoms with Gasteiger partial charge in [0.05, 0.1) is 11.9 Å². The van der Waals surface area contributed by atoms with E-state index in [-0.39, 0.29) is 18.9 Å². The van der Waals surface area contributed by atoms with Crippen molar-refractivity contribution in [1.29, 1.82) is 0 Å². The Labute approximate surface area is 250 Å². The molecule has 0 aromatic heterocycles. The molecule has 0 aliphatic heterocycles. The van der Waals surface area contributed by atoms with Crippen LogP contribution >= 0.6 is 27.5 Å². The number of anilines is 1. The molecule has 0 radical (unpaired) electrons. The molecule has 40 heavy (non-hydrogen) atoms. The summed E-state index contributed by atoms with van der Waals surface area (Å²) in [6, 6.07) is 21.0. The van der Waals surface area contributed by atoms with Crippen molar-refractivity contribution in [3.05, 3.63) is 99.0 Å². The summed E-state index contributed by atoms with van der Waals surface area (Å²) in [5, 5.41) is 3.33. The predicted octanol–water partition coefficient (Wildman–Crippen LogP) is 5.73. The number of halogens is 2. The number of benzene rings is 3. The number of aryl methyl sites for hydroxylation is 1. The Bertz CT molecular complexity index is 1400. The minimum atomic E-state index is -3.87. The van der Waals surface area contributed by atoms with E-state index in [2.05, 4.69) is 21.2 Å². The third kappa shape index (κ3) is 9.08. The molecule has 0 aliphatic carbocycles. The predicted molar refractivity (Wildman–Crippen MR) is 165 cm³/mol. The van der Waals surface area contributed by atoms with Crippen molar-refractivity contribution in [2.24, 2.45) is 0 Å². The van der Waals surface area contributed by atoms with Gasteiger partial charge in [0.2, 0.25) is 21.8 Å². The molecule has 10 heteroatoms. The number of unbranched alkanes of at least 4 members (excludes halogenated alkanes) is 1. The molecule has 0 fully saturated rings. The lowest BCUT2D eigenvalue weighted by molar-refractivity contribution is -0.140. The molecule has 3 aromatic rings. The highest BCUT2D eigenvalue weighted by Gasteiger charge is 2.33. The smallest absolute Gasteiger partial charge is 0.244 e. The molecule has 0 saturated carbocycles. The van der Waals surface area contributed by atoms with Gasteiger partial charge in [-0.15, -0.1) is 0 Å². The zero-order chi connectivity index (χ0) is 29.3. The topological polar surface area (TPSA) is 86.8 Å². The van der Waals surface area contributed by atoms with Crippen molar-refractivity contribution in [2.75, 3.05) is 23.7 Å². The molecule has 1 atom stereocenters. The van der Waals surface area contributed by atoms with Gasteiger partial charge in [-0.25, -0.2) is 8.42 Å². The van der Waals surface area contributed by atoms with Crippen molar-refractivity contribution < 1.29 is 18.0 Å². The number of hydrogen-bond donors (Lipinski definition) is 1. The Balaban J connectivity index is 2.05. The third-order valence-electron chi connectivity index (χ3n) is 6.49. The van der Waals surface area contributed by atoms with E-state index < -0.39 is 28.5 Å². The maximum Gasteiger partial charge on any atom is 0.244 e. The van der Waals surface area contributed by atoms with E-state index in [0.29, 0.717) is 22.8 Å². The zero-order valence-electron chi connectivity index (χ0n) is 22.9. The van der Waals surface area contributed by atoms with Gasteiger partial charge in [0.15, 0.2) is 0 Å². The molecule has 0 saturated heterocycles. The van der Waals surface area contributed by atoms with Gasteiger partial charge < -0.3 is 10.2 Å². The second-order valence-corrected chi connectivity index (χ2v) is 13.0. The van der Waals surface area contributed by atoms with Crippen LogP contribution in [0, 0.1) is 6.92 Å². The van der Waals surface area contributed by atoms with Crippen molar-refractivity contribution in [3.63, 3.8) is 0 Å². The number of amides is 2. The van der Waals surface area contributed by atoms with Gasteiger partial charge in [-0.1, -0.05) is 89.4 Å². The number of nitrogens with zero attached hydrogens (tertiary/aromatic N) is 2. The number of carbonyl (C=O) groups is 2.